The third-order valence-electron chi connectivity index (χ3n) is 2.19. The average Bonchev–Trinajstić information content (AvgIpc) is 2.38. The third kappa shape index (κ3) is 3.08. The number of nitro groups is 1. The lowest BCUT2D eigenvalue weighted by atomic mass is 10.4. The van der Waals surface area contributed by atoms with Crippen molar-refractivity contribution in [3.8, 4) is 11.6 Å². The Hall–Kier alpha value is -2.41. The SMILES string of the molecule is CNc1ccc([N+](=O)[O-])c(Oc2cncc(Cl)c2)n1. The topological polar surface area (TPSA) is 90.2 Å². The maximum absolute atomic E-state index is 10.9. The first kappa shape index (κ1) is 13.0. The van der Waals surface area contributed by atoms with Crippen molar-refractivity contribution in [3.05, 3.63) is 45.7 Å². The van der Waals surface area contributed by atoms with Gasteiger partial charge in [-0.15, -0.1) is 0 Å². The summed E-state index contributed by atoms with van der Waals surface area (Å²) in [6.45, 7) is 0. The normalized spacial score (nSPS) is 10.0. The smallest absolute Gasteiger partial charge is 0.331 e. The van der Waals surface area contributed by atoms with Crippen LogP contribution < -0.4 is 10.1 Å². The van der Waals surface area contributed by atoms with Gasteiger partial charge in [-0.1, -0.05) is 11.6 Å². The Morgan fingerprint density at radius 2 is 2.21 bits per heavy atom. The monoisotopic (exact) mass is 280 g/mol. The number of hydrogen-bond donors (Lipinski definition) is 1. The van der Waals surface area contributed by atoms with Crippen molar-refractivity contribution in [1.82, 2.24) is 9.97 Å². The molecule has 98 valence electrons. The quantitative estimate of drug-likeness (QED) is 0.684. The van der Waals surface area contributed by atoms with Crippen LogP contribution in [0.25, 0.3) is 0 Å². The van der Waals surface area contributed by atoms with Crippen molar-refractivity contribution >= 4 is 23.1 Å². The summed E-state index contributed by atoms with van der Waals surface area (Å²) in [4.78, 5) is 18.2. The maximum atomic E-state index is 10.9. The minimum atomic E-state index is -0.570. The molecule has 19 heavy (non-hydrogen) atoms. The molecule has 0 fully saturated rings. The van der Waals surface area contributed by atoms with Crippen LogP contribution in [0, 0.1) is 10.1 Å². The second kappa shape index (κ2) is 5.49. The second-order valence-electron chi connectivity index (χ2n) is 3.47. The van der Waals surface area contributed by atoms with Crippen LogP contribution in [-0.4, -0.2) is 21.9 Å². The van der Waals surface area contributed by atoms with E-state index in [4.69, 9.17) is 16.3 Å². The van der Waals surface area contributed by atoms with Crippen molar-refractivity contribution < 1.29 is 9.66 Å². The van der Waals surface area contributed by atoms with E-state index in [1.807, 2.05) is 0 Å². The second-order valence-corrected chi connectivity index (χ2v) is 3.91. The summed E-state index contributed by atoms with van der Waals surface area (Å²) in [6, 6.07) is 4.29. The molecule has 2 aromatic rings. The largest absolute Gasteiger partial charge is 0.432 e. The van der Waals surface area contributed by atoms with E-state index in [1.165, 1.54) is 30.6 Å². The van der Waals surface area contributed by atoms with Gasteiger partial charge in [-0.2, -0.15) is 4.98 Å². The third-order valence-corrected chi connectivity index (χ3v) is 2.39. The summed E-state index contributed by atoms with van der Waals surface area (Å²) < 4.78 is 5.35. The Morgan fingerprint density at radius 3 is 2.84 bits per heavy atom. The van der Waals surface area contributed by atoms with Crippen LogP contribution in [0.5, 0.6) is 11.6 Å². The van der Waals surface area contributed by atoms with Gasteiger partial charge < -0.3 is 10.1 Å². The van der Waals surface area contributed by atoms with Gasteiger partial charge in [-0.3, -0.25) is 15.1 Å². The van der Waals surface area contributed by atoms with Crippen LogP contribution >= 0.6 is 11.6 Å². The van der Waals surface area contributed by atoms with Crippen molar-refractivity contribution in [2.75, 3.05) is 12.4 Å². The molecule has 0 saturated carbocycles. The first-order chi connectivity index (χ1) is 9.10. The lowest BCUT2D eigenvalue weighted by Crippen LogP contribution is -1.99. The van der Waals surface area contributed by atoms with Gasteiger partial charge in [-0.05, 0) is 6.07 Å². The molecule has 0 aromatic carbocycles. The summed E-state index contributed by atoms with van der Waals surface area (Å²) in [7, 11) is 1.65. The minimum absolute atomic E-state index is 0.124. The zero-order chi connectivity index (χ0) is 13.8. The predicted octanol–water partition coefficient (Wildman–Crippen LogP) is 2.87. The molecule has 2 heterocycles. The Morgan fingerprint density at radius 1 is 1.42 bits per heavy atom. The molecule has 0 saturated heterocycles. The van der Waals surface area contributed by atoms with Gasteiger partial charge >= 0.3 is 11.6 Å². The molecule has 0 aliphatic rings. The standard InChI is InChI=1S/C11H9ClN4O3/c1-13-10-3-2-9(16(17)18)11(15-10)19-8-4-7(12)5-14-6-8/h2-6H,1H3,(H,13,15). The fourth-order valence-electron chi connectivity index (χ4n) is 1.35. The van der Waals surface area contributed by atoms with Crippen LogP contribution in [0.1, 0.15) is 0 Å². The van der Waals surface area contributed by atoms with E-state index in [-0.39, 0.29) is 17.3 Å². The van der Waals surface area contributed by atoms with Gasteiger partial charge in [0.2, 0.25) is 0 Å². The Bertz CT molecular complexity index is 621. The highest BCUT2D eigenvalue weighted by molar-refractivity contribution is 6.30. The fourth-order valence-corrected chi connectivity index (χ4v) is 1.51. The molecule has 7 nitrogen and oxygen atoms in total. The number of rotatable bonds is 4. The Kier molecular flexibility index (Phi) is 3.76. The van der Waals surface area contributed by atoms with E-state index in [9.17, 15) is 10.1 Å². The Labute approximate surface area is 113 Å². The predicted molar refractivity (Wildman–Crippen MR) is 69.8 cm³/mol. The van der Waals surface area contributed by atoms with Crippen molar-refractivity contribution in [2.45, 2.75) is 0 Å². The first-order valence-electron chi connectivity index (χ1n) is 5.21. The van der Waals surface area contributed by atoms with Gasteiger partial charge in [0.05, 0.1) is 16.1 Å². The number of hydrogen-bond acceptors (Lipinski definition) is 6. The van der Waals surface area contributed by atoms with Gasteiger partial charge in [0.1, 0.15) is 11.6 Å². The average molecular weight is 281 g/mol. The molecule has 8 heteroatoms. The number of anilines is 1. The number of nitrogens with zero attached hydrogens (tertiary/aromatic N) is 3. The molecule has 0 spiro atoms. The van der Waals surface area contributed by atoms with E-state index in [2.05, 4.69) is 15.3 Å². The van der Waals surface area contributed by atoms with Crippen LogP contribution in [0.2, 0.25) is 5.02 Å². The van der Waals surface area contributed by atoms with E-state index < -0.39 is 4.92 Å². The number of ether oxygens (including phenoxy) is 1. The van der Waals surface area contributed by atoms with Gasteiger partial charge in [0, 0.05) is 25.4 Å². The molecule has 0 unspecified atom stereocenters. The number of aromatic nitrogens is 2. The molecule has 0 bridgehead atoms. The fraction of sp³-hybridized carbons (Fsp3) is 0.0909. The summed E-state index contributed by atoms with van der Waals surface area (Å²) in [6.07, 6.45) is 2.82. The van der Waals surface area contributed by atoms with Crippen LogP contribution in [0.3, 0.4) is 0 Å². The van der Waals surface area contributed by atoms with Gasteiger partial charge in [0.15, 0.2) is 0 Å². The number of pyridine rings is 2. The first-order valence-corrected chi connectivity index (χ1v) is 5.59. The lowest BCUT2D eigenvalue weighted by molar-refractivity contribution is -0.386. The van der Waals surface area contributed by atoms with Crippen LogP contribution in [-0.2, 0) is 0 Å². The molecule has 0 amide bonds. The van der Waals surface area contributed by atoms with Crippen molar-refractivity contribution in [2.24, 2.45) is 0 Å². The highest BCUT2D eigenvalue weighted by atomic mass is 35.5. The molecule has 2 rings (SSSR count). The molecule has 0 atom stereocenters. The van der Waals surface area contributed by atoms with Gasteiger partial charge in [0.25, 0.3) is 0 Å². The van der Waals surface area contributed by atoms with E-state index >= 15 is 0 Å². The maximum Gasteiger partial charge on any atom is 0.331 e. The molecule has 0 aliphatic carbocycles. The highest BCUT2D eigenvalue weighted by Crippen LogP contribution is 2.30. The number of halogens is 1. The van der Waals surface area contributed by atoms with E-state index in [1.54, 1.807) is 7.05 Å². The van der Waals surface area contributed by atoms with E-state index in [0.717, 1.165) is 0 Å². The molecule has 0 radical (unpaired) electrons. The molecule has 2 aromatic heterocycles. The minimum Gasteiger partial charge on any atom is -0.432 e. The zero-order valence-electron chi connectivity index (χ0n) is 9.83. The molecule has 1 N–H and O–H groups in total. The van der Waals surface area contributed by atoms with Crippen molar-refractivity contribution in [3.63, 3.8) is 0 Å². The zero-order valence-corrected chi connectivity index (χ0v) is 10.6. The van der Waals surface area contributed by atoms with Gasteiger partial charge in [-0.25, -0.2) is 0 Å². The lowest BCUT2D eigenvalue weighted by Gasteiger charge is -2.06. The summed E-state index contributed by atoms with van der Waals surface area (Å²) in [5.74, 6) is 0.604. The van der Waals surface area contributed by atoms with Crippen LogP contribution in [0.15, 0.2) is 30.6 Å². The summed E-state index contributed by atoms with van der Waals surface area (Å²) in [5.41, 5.74) is -0.237. The Balaban J connectivity index is 2.39. The van der Waals surface area contributed by atoms with E-state index in [0.29, 0.717) is 10.8 Å². The van der Waals surface area contributed by atoms with Crippen molar-refractivity contribution in [1.29, 1.82) is 0 Å². The summed E-state index contributed by atoms with van der Waals surface area (Å²) in [5, 5.41) is 14.0. The molecular formula is C11H9ClN4O3. The van der Waals surface area contributed by atoms with Crippen LogP contribution in [0.4, 0.5) is 11.5 Å². The highest BCUT2D eigenvalue weighted by Gasteiger charge is 2.18. The summed E-state index contributed by atoms with van der Waals surface area (Å²) >= 11 is 5.76. The molecular weight excluding hydrogens is 272 g/mol. The number of nitrogens with one attached hydrogen (secondary N) is 1. The molecule has 0 aliphatic heterocycles.